The quantitative estimate of drug-likeness (QED) is 0.218. The summed E-state index contributed by atoms with van der Waals surface area (Å²) in [6.45, 7) is 10.5. The standard InChI is InChI=1S/C34H45N5O6S2/c1-23(2)18-38(47(44,45)29-13-11-27(21-40)12-14-29)20-31(41)30(17-26-9-7-6-8-10-26)36-33(42)32(24(3)4)39-16-15-37(34(39)43)19-28-22-46-25(5)35-28/h6-14,21-24,30-32,41H,15-20H2,1-5H3,(H,36,42)/t30-,31+,32-/m0/s1. The third-order valence-corrected chi connectivity index (χ3v) is 10.8. The van der Waals surface area contributed by atoms with Gasteiger partial charge in [-0.3, -0.25) is 9.59 Å². The number of aldehydes is 1. The monoisotopic (exact) mass is 683 g/mol. The molecular weight excluding hydrogens is 639 g/mol. The molecule has 47 heavy (non-hydrogen) atoms. The van der Waals surface area contributed by atoms with Crippen molar-refractivity contribution in [3.05, 3.63) is 81.8 Å². The van der Waals surface area contributed by atoms with Crippen LogP contribution in [0.1, 0.15) is 54.3 Å². The summed E-state index contributed by atoms with van der Waals surface area (Å²) in [6, 6.07) is 13.1. The Morgan fingerprint density at radius 2 is 1.74 bits per heavy atom. The van der Waals surface area contributed by atoms with Crippen LogP contribution in [0, 0.1) is 18.8 Å². The zero-order valence-corrected chi connectivity index (χ0v) is 29.2. The fourth-order valence-electron chi connectivity index (χ4n) is 5.79. The van der Waals surface area contributed by atoms with Crippen LogP contribution in [0.3, 0.4) is 0 Å². The van der Waals surface area contributed by atoms with Crippen molar-refractivity contribution in [1.29, 1.82) is 0 Å². The molecule has 0 unspecified atom stereocenters. The molecule has 3 aromatic rings. The van der Waals surface area contributed by atoms with Crippen LogP contribution in [0.4, 0.5) is 4.79 Å². The molecule has 2 N–H and O–H groups in total. The van der Waals surface area contributed by atoms with E-state index in [0.29, 0.717) is 31.5 Å². The molecule has 2 aromatic carbocycles. The average molecular weight is 684 g/mol. The van der Waals surface area contributed by atoms with Crippen molar-refractivity contribution in [1.82, 2.24) is 24.4 Å². The van der Waals surface area contributed by atoms with Gasteiger partial charge in [0.2, 0.25) is 15.9 Å². The van der Waals surface area contributed by atoms with Crippen LogP contribution in [0.25, 0.3) is 0 Å². The molecule has 1 saturated heterocycles. The van der Waals surface area contributed by atoms with Crippen LogP contribution in [-0.4, -0.2) is 95.2 Å². The van der Waals surface area contributed by atoms with E-state index >= 15 is 0 Å². The molecule has 1 aliphatic heterocycles. The molecule has 3 amide bonds. The summed E-state index contributed by atoms with van der Waals surface area (Å²) >= 11 is 1.52. The molecule has 3 atom stereocenters. The highest BCUT2D eigenvalue weighted by molar-refractivity contribution is 7.89. The predicted molar refractivity (Wildman–Crippen MR) is 181 cm³/mol. The summed E-state index contributed by atoms with van der Waals surface area (Å²) < 4.78 is 28.8. The third kappa shape index (κ3) is 9.25. The summed E-state index contributed by atoms with van der Waals surface area (Å²) in [4.78, 5) is 46.4. The minimum absolute atomic E-state index is 0.00405. The summed E-state index contributed by atoms with van der Waals surface area (Å²) in [6.07, 6.45) is -0.401. The fraction of sp³-hybridized carbons (Fsp3) is 0.471. The molecule has 0 bridgehead atoms. The summed E-state index contributed by atoms with van der Waals surface area (Å²) in [7, 11) is -4.05. The second kappa shape index (κ2) is 16.0. The van der Waals surface area contributed by atoms with Crippen LogP contribution >= 0.6 is 11.3 Å². The Balaban J connectivity index is 1.57. The van der Waals surface area contributed by atoms with E-state index in [1.54, 1.807) is 9.80 Å². The van der Waals surface area contributed by atoms with Gasteiger partial charge in [0.15, 0.2) is 0 Å². The maximum absolute atomic E-state index is 14.0. The van der Waals surface area contributed by atoms with Gasteiger partial charge in [0.05, 0.1) is 34.3 Å². The normalized spacial score (nSPS) is 15.8. The van der Waals surface area contributed by atoms with Gasteiger partial charge in [0.25, 0.3) is 0 Å². The lowest BCUT2D eigenvalue weighted by molar-refractivity contribution is -0.128. The van der Waals surface area contributed by atoms with Crippen LogP contribution < -0.4 is 5.32 Å². The Kier molecular flexibility index (Phi) is 12.3. The first-order chi connectivity index (χ1) is 22.3. The lowest BCUT2D eigenvalue weighted by Gasteiger charge is -2.34. The van der Waals surface area contributed by atoms with Crippen molar-refractivity contribution in [2.45, 2.75) is 70.7 Å². The number of aliphatic hydroxyl groups excluding tert-OH is 1. The first-order valence-corrected chi connectivity index (χ1v) is 18.2. The average Bonchev–Trinajstić information content (AvgIpc) is 3.61. The molecule has 4 rings (SSSR count). The van der Waals surface area contributed by atoms with E-state index in [2.05, 4.69) is 10.3 Å². The number of thiazole rings is 1. The van der Waals surface area contributed by atoms with E-state index in [-0.39, 0.29) is 42.3 Å². The number of aromatic nitrogens is 1. The van der Waals surface area contributed by atoms with Crippen molar-refractivity contribution >= 4 is 39.6 Å². The number of nitrogens with zero attached hydrogens (tertiary/aromatic N) is 4. The molecule has 1 aromatic heterocycles. The number of amides is 3. The molecule has 0 aliphatic carbocycles. The van der Waals surface area contributed by atoms with Gasteiger partial charge in [-0.25, -0.2) is 18.2 Å². The molecule has 2 heterocycles. The van der Waals surface area contributed by atoms with Gasteiger partial charge in [-0.15, -0.1) is 11.3 Å². The fourth-order valence-corrected chi connectivity index (χ4v) is 8.01. The topological polar surface area (TPSA) is 140 Å². The molecule has 13 heteroatoms. The zero-order chi connectivity index (χ0) is 34.3. The number of urea groups is 1. The van der Waals surface area contributed by atoms with Gasteiger partial charge < -0.3 is 20.2 Å². The van der Waals surface area contributed by atoms with E-state index < -0.39 is 34.1 Å². The summed E-state index contributed by atoms with van der Waals surface area (Å²) in [5, 5.41) is 17.5. The first-order valence-electron chi connectivity index (χ1n) is 15.8. The largest absolute Gasteiger partial charge is 0.390 e. The molecule has 0 spiro atoms. The number of hydrogen-bond acceptors (Lipinski definition) is 8. The number of sulfonamides is 1. The molecular formula is C34H45N5O6S2. The highest BCUT2D eigenvalue weighted by Gasteiger charge is 2.40. The van der Waals surface area contributed by atoms with Crippen molar-refractivity contribution in [2.75, 3.05) is 26.2 Å². The predicted octanol–water partition coefficient (Wildman–Crippen LogP) is 3.96. The molecule has 0 saturated carbocycles. The Labute approximate surface area is 281 Å². The van der Waals surface area contributed by atoms with Gasteiger partial charge in [0.1, 0.15) is 12.3 Å². The van der Waals surface area contributed by atoms with E-state index in [1.165, 1.54) is 39.9 Å². The Bertz CT molecular complexity index is 1610. The second-order valence-corrected chi connectivity index (χ2v) is 15.7. The third-order valence-electron chi connectivity index (χ3n) is 8.09. The maximum atomic E-state index is 14.0. The molecule has 1 fully saturated rings. The zero-order valence-electron chi connectivity index (χ0n) is 27.6. The van der Waals surface area contributed by atoms with Gasteiger partial charge >= 0.3 is 6.03 Å². The lowest BCUT2D eigenvalue weighted by Crippen LogP contribution is -2.57. The number of nitrogens with one attached hydrogen (secondary N) is 1. The van der Waals surface area contributed by atoms with E-state index in [9.17, 15) is 27.9 Å². The van der Waals surface area contributed by atoms with Gasteiger partial charge in [-0.05, 0) is 42.9 Å². The Morgan fingerprint density at radius 1 is 1.06 bits per heavy atom. The van der Waals surface area contributed by atoms with Gasteiger partial charge in [0, 0.05) is 37.1 Å². The smallest absolute Gasteiger partial charge is 0.321 e. The number of hydrogen-bond donors (Lipinski definition) is 2. The van der Waals surface area contributed by atoms with Crippen molar-refractivity contribution < 1.29 is 27.9 Å². The van der Waals surface area contributed by atoms with E-state index in [4.69, 9.17) is 0 Å². The first kappa shape index (κ1) is 36.2. The van der Waals surface area contributed by atoms with Crippen molar-refractivity contribution in [2.24, 2.45) is 11.8 Å². The lowest BCUT2D eigenvalue weighted by atomic mass is 9.97. The molecule has 11 nitrogen and oxygen atoms in total. The van der Waals surface area contributed by atoms with Crippen LogP contribution in [0.5, 0.6) is 0 Å². The SMILES string of the molecule is Cc1nc(CN2CCN([C@H](C(=O)N[C@@H](Cc3ccccc3)[C@H](O)CN(CC(C)C)S(=O)(=O)c3ccc(C=O)cc3)C(C)C)C2=O)cs1. The van der Waals surface area contributed by atoms with Crippen LogP contribution in [0.15, 0.2) is 64.9 Å². The van der Waals surface area contributed by atoms with Gasteiger partial charge in [-0.1, -0.05) is 70.2 Å². The highest BCUT2D eigenvalue weighted by Crippen LogP contribution is 2.23. The number of aryl methyl sites for hydroxylation is 1. The Morgan fingerprint density at radius 3 is 2.32 bits per heavy atom. The van der Waals surface area contributed by atoms with E-state index in [1.807, 2.05) is 70.3 Å². The minimum atomic E-state index is -4.05. The van der Waals surface area contributed by atoms with Crippen LogP contribution in [-0.2, 0) is 27.8 Å². The number of carbonyl (C=O) groups is 3. The minimum Gasteiger partial charge on any atom is -0.390 e. The van der Waals surface area contributed by atoms with Crippen LogP contribution in [0.2, 0.25) is 0 Å². The Hall–Kier alpha value is -3.65. The molecule has 1 aliphatic rings. The van der Waals surface area contributed by atoms with Gasteiger partial charge in [-0.2, -0.15) is 4.31 Å². The molecule has 254 valence electrons. The maximum Gasteiger partial charge on any atom is 0.321 e. The second-order valence-electron chi connectivity index (χ2n) is 12.7. The number of carbonyl (C=O) groups excluding carboxylic acids is 3. The number of rotatable bonds is 16. The summed E-state index contributed by atoms with van der Waals surface area (Å²) in [5.74, 6) is -0.708. The number of aliphatic hydroxyl groups is 1. The van der Waals surface area contributed by atoms with Crippen molar-refractivity contribution in [3.63, 3.8) is 0 Å². The van der Waals surface area contributed by atoms with E-state index in [0.717, 1.165) is 16.3 Å². The summed E-state index contributed by atoms with van der Waals surface area (Å²) in [5.41, 5.74) is 2.00. The van der Waals surface area contributed by atoms with Crippen molar-refractivity contribution in [3.8, 4) is 0 Å². The highest BCUT2D eigenvalue weighted by atomic mass is 32.2. The number of benzene rings is 2. The molecule has 0 radical (unpaired) electrons.